The first kappa shape index (κ1) is 13.9. The van der Waals surface area contributed by atoms with Crippen LogP contribution in [0, 0.1) is 4.77 Å². The molecule has 1 heterocycles. The van der Waals surface area contributed by atoms with Crippen LogP contribution in [0.15, 0.2) is 51.7 Å². The van der Waals surface area contributed by atoms with Gasteiger partial charge >= 0.3 is 0 Å². The minimum atomic E-state index is -0.0101. The van der Waals surface area contributed by atoms with Gasteiger partial charge in [-0.25, -0.2) is 0 Å². The first-order chi connectivity index (χ1) is 10.6. The standard InChI is InChI=1S/C17H13BrN2OS/c18-12-5-6-14-15(9-12)19-17(22)20(16(14)21)13-7-10-3-1-2-4-11(10)8-13/h1-6,9,13H,7-8H2,(H,19,22). The largest absolute Gasteiger partial charge is 0.332 e. The van der Waals surface area contributed by atoms with Gasteiger partial charge in [0.2, 0.25) is 0 Å². The number of fused-ring (bicyclic) bond motifs is 2. The van der Waals surface area contributed by atoms with Gasteiger partial charge in [-0.15, -0.1) is 0 Å². The van der Waals surface area contributed by atoms with Crippen LogP contribution in [0.5, 0.6) is 0 Å². The molecule has 110 valence electrons. The zero-order chi connectivity index (χ0) is 15.3. The van der Waals surface area contributed by atoms with Crippen LogP contribution in [0.1, 0.15) is 17.2 Å². The number of aromatic nitrogens is 2. The summed E-state index contributed by atoms with van der Waals surface area (Å²) in [5, 5.41) is 0.674. The maximum absolute atomic E-state index is 12.9. The first-order valence-electron chi connectivity index (χ1n) is 7.14. The van der Waals surface area contributed by atoms with Crippen LogP contribution in [0.2, 0.25) is 0 Å². The summed E-state index contributed by atoms with van der Waals surface area (Å²) < 4.78 is 3.16. The number of nitrogens with one attached hydrogen (secondary N) is 1. The van der Waals surface area contributed by atoms with Crippen molar-refractivity contribution in [3.8, 4) is 0 Å². The molecule has 0 amide bonds. The van der Waals surface area contributed by atoms with E-state index in [1.807, 2.05) is 30.3 Å². The van der Waals surface area contributed by atoms with Crippen LogP contribution < -0.4 is 5.56 Å². The fourth-order valence-electron chi connectivity index (χ4n) is 3.25. The summed E-state index contributed by atoms with van der Waals surface area (Å²) in [7, 11) is 0. The van der Waals surface area contributed by atoms with Gasteiger partial charge in [-0.2, -0.15) is 0 Å². The number of benzene rings is 2. The minimum Gasteiger partial charge on any atom is -0.332 e. The zero-order valence-corrected chi connectivity index (χ0v) is 14.1. The van der Waals surface area contributed by atoms with Crippen molar-refractivity contribution in [3.63, 3.8) is 0 Å². The van der Waals surface area contributed by atoms with E-state index in [9.17, 15) is 4.79 Å². The van der Waals surface area contributed by atoms with Gasteiger partial charge in [0, 0.05) is 10.5 Å². The van der Waals surface area contributed by atoms with Gasteiger partial charge in [-0.3, -0.25) is 9.36 Å². The van der Waals surface area contributed by atoms with E-state index in [1.165, 1.54) is 11.1 Å². The van der Waals surface area contributed by atoms with Gasteiger partial charge in [0.15, 0.2) is 4.77 Å². The molecule has 22 heavy (non-hydrogen) atoms. The number of hydrogen-bond acceptors (Lipinski definition) is 2. The number of H-pyrrole nitrogens is 1. The average molecular weight is 373 g/mol. The number of halogens is 1. The molecule has 1 N–H and O–H groups in total. The molecule has 0 unspecified atom stereocenters. The van der Waals surface area contributed by atoms with Gasteiger partial charge in [0.1, 0.15) is 0 Å². The third-order valence-corrected chi connectivity index (χ3v) is 5.08. The van der Waals surface area contributed by atoms with E-state index in [0.29, 0.717) is 10.2 Å². The minimum absolute atomic E-state index is 0.0101. The van der Waals surface area contributed by atoms with E-state index in [2.05, 4.69) is 33.0 Å². The lowest BCUT2D eigenvalue weighted by molar-refractivity contribution is 0.502. The molecule has 4 rings (SSSR count). The van der Waals surface area contributed by atoms with Crippen molar-refractivity contribution in [2.24, 2.45) is 0 Å². The number of rotatable bonds is 1. The fraction of sp³-hybridized carbons (Fsp3) is 0.176. The summed E-state index contributed by atoms with van der Waals surface area (Å²) >= 11 is 8.87. The summed E-state index contributed by atoms with van der Waals surface area (Å²) in [4.78, 5) is 16.1. The van der Waals surface area contributed by atoms with E-state index in [-0.39, 0.29) is 11.6 Å². The molecule has 0 bridgehead atoms. The van der Waals surface area contributed by atoms with Crippen LogP contribution in [0.25, 0.3) is 10.9 Å². The van der Waals surface area contributed by atoms with Crippen molar-refractivity contribution in [1.29, 1.82) is 0 Å². The van der Waals surface area contributed by atoms with Crippen molar-refractivity contribution in [2.75, 3.05) is 0 Å². The second-order valence-corrected chi connectivity index (χ2v) is 6.93. The van der Waals surface area contributed by atoms with E-state index in [4.69, 9.17) is 12.2 Å². The van der Waals surface area contributed by atoms with Crippen molar-refractivity contribution >= 4 is 39.1 Å². The van der Waals surface area contributed by atoms with Crippen molar-refractivity contribution < 1.29 is 0 Å². The Balaban J connectivity index is 1.89. The number of hydrogen-bond donors (Lipinski definition) is 1. The van der Waals surface area contributed by atoms with Crippen LogP contribution in [0.4, 0.5) is 0 Å². The molecule has 0 saturated heterocycles. The molecule has 1 aliphatic rings. The Labute approximate surface area is 140 Å². The Morgan fingerprint density at radius 2 is 1.82 bits per heavy atom. The lowest BCUT2D eigenvalue weighted by Gasteiger charge is -2.14. The van der Waals surface area contributed by atoms with Gasteiger partial charge < -0.3 is 4.98 Å². The monoisotopic (exact) mass is 372 g/mol. The third-order valence-electron chi connectivity index (χ3n) is 4.29. The summed E-state index contributed by atoms with van der Waals surface area (Å²) in [5.74, 6) is 0. The average Bonchev–Trinajstić information content (AvgIpc) is 2.90. The first-order valence-corrected chi connectivity index (χ1v) is 8.34. The quantitative estimate of drug-likeness (QED) is 0.651. The van der Waals surface area contributed by atoms with Gasteiger partial charge in [0.25, 0.3) is 5.56 Å². The van der Waals surface area contributed by atoms with Crippen molar-refractivity contribution in [3.05, 3.63) is 73.2 Å². The maximum Gasteiger partial charge on any atom is 0.262 e. The molecule has 1 aliphatic carbocycles. The Bertz CT molecular complexity index is 980. The summed E-state index contributed by atoms with van der Waals surface area (Å²) in [6.07, 6.45) is 1.71. The van der Waals surface area contributed by atoms with E-state index in [0.717, 1.165) is 22.8 Å². The second kappa shape index (κ2) is 5.18. The molecule has 5 heteroatoms. The van der Waals surface area contributed by atoms with E-state index < -0.39 is 0 Å². The Kier molecular flexibility index (Phi) is 3.27. The van der Waals surface area contributed by atoms with Crippen LogP contribution in [0.3, 0.4) is 0 Å². The summed E-state index contributed by atoms with van der Waals surface area (Å²) in [6, 6.07) is 14.1. The van der Waals surface area contributed by atoms with Gasteiger partial charge in [0.05, 0.1) is 10.9 Å². The Morgan fingerprint density at radius 3 is 2.50 bits per heavy atom. The number of nitrogens with zero attached hydrogens (tertiary/aromatic N) is 1. The molecular formula is C17H13BrN2OS. The predicted octanol–water partition coefficient (Wildman–Crippen LogP) is 4.16. The smallest absolute Gasteiger partial charge is 0.262 e. The molecular weight excluding hydrogens is 360 g/mol. The lowest BCUT2D eigenvalue weighted by atomic mass is 10.1. The molecule has 2 aromatic carbocycles. The molecule has 0 saturated carbocycles. The molecule has 0 aliphatic heterocycles. The molecule has 3 nitrogen and oxygen atoms in total. The van der Waals surface area contributed by atoms with E-state index in [1.54, 1.807) is 4.57 Å². The Morgan fingerprint density at radius 1 is 1.14 bits per heavy atom. The third kappa shape index (κ3) is 2.16. The highest BCUT2D eigenvalue weighted by atomic mass is 79.9. The lowest BCUT2D eigenvalue weighted by Crippen LogP contribution is -2.27. The molecule has 0 radical (unpaired) electrons. The highest BCUT2D eigenvalue weighted by molar-refractivity contribution is 9.10. The van der Waals surface area contributed by atoms with Gasteiger partial charge in [-0.1, -0.05) is 40.2 Å². The molecule has 0 atom stereocenters. The van der Waals surface area contributed by atoms with Crippen LogP contribution in [-0.4, -0.2) is 9.55 Å². The Hall–Kier alpha value is -1.72. The summed E-state index contributed by atoms with van der Waals surface area (Å²) in [6.45, 7) is 0. The normalized spacial score (nSPS) is 14.4. The molecule has 3 aromatic rings. The molecule has 1 aromatic heterocycles. The molecule has 0 fully saturated rings. The van der Waals surface area contributed by atoms with Crippen molar-refractivity contribution in [2.45, 2.75) is 18.9 Å². The fourth-order valence-corrected chi connectivity index (χ4v) is 3.96. The second-order valence-electron chi connectivity index (χ2n) is 5.63. The van der Waals surface area contributed by atoms with Crippen LogP contribution in [-0.2, 0) is 12.8 Å². The van der Waals surface area contributed by atoms with Crippen molar-refractivity contribution in [1.82, 2.24) is 9.55 Å². The topological polar surface area (TPSA) is 37.8 Å². The zero-order valence-electron chi connectivity index (χ0n) is 11.7. The highest BCUT2D eigenvalue weighted by Crippen LogP contribution is 2.29. The number of aromatic amines is 1. The van der Waals surface area contributed by atoms with E-state index >= 15 is 0 Å². The predicted molar refractivity (Wildman–Crippen MR) is 94.0 cm³/mol. The highest BCUT2D eigenvalue weighted by Gasteiger charge is 2.24. The SMILES string of the molecule is O=c1c2ccc(Br)cc2[nH]c(=S)n1C1Cc2ccccc2C1. The van der Waals surface area contributed by atoms with Gasteiger partial charge in [-0.05, 0) is 54.4 Å². The summed E-state index contributed by atoms with van der Waals surface area (Å²) in [5.41, 5.74) is 3.38. The maximum atomic E-state index is 12.9. The molecule has 0 spiro atoms. The van der Waals surface area contributed by atoms with Crippen LogP contribution >= 0.6 is 28.1 Å².